The molecule has 0 radical (unpaired) electrons. The molecular formula is C11H14F3N3OS. The fourth-order valence-corrected chi connectivity index (χ4v) is 1.55. The van der Waals surface area contributed by atoms with E-state index in [2.05, 4.69) is 28.2 Å². The molecule has 0 bridgehead atoms. The Balaban J connectivity index is 2.48. The van der Waals surface area contributed by atoms with Gasteiger partial charge in [0.25, 0.3) is 0 Å². The van der Waals surface area contributed by atoms with Crippen molar-refractivity contribution in [2.75, 3.05) is 24.2 Å². The molecule has 0 saturated heterocycles. The van der Waals surface area contributed by atoms with Gasteiger partial charge in [-0.15, -0.1) is 0 Å². The van der Waals surface area contributed by atoms with Gasteiger partial charge in [0.2, 0.25) is 5.91 Å². The molecule has 4 nitrogen and oxygen atoms in total. The molecule has 0 spiro atoms. The van der Waals surface area contributed by atoms with Crippen LogP contribution in [0.15, 0.2) is 18.3 Å². The summed E-state index contributed by atoms with van der Waals surface area (Å²) in [4.78, 5) is 14.7. The first-order valence-corrected chi connectivity index (χ1v) is 6.22. The molecule has 0 aliphatic rings. The van der Waals surface area contributed by atoms with Crippen molar-refractivity contribution in [3.8, 4) is 0 Å². The summed E-state index contributed by atoms with van der Waals surface area (Å²) in [5.74, 6) is 0.00451. The third kappa shape index (κ3) is 5.37. The lowest BCUT2D eigenvalue weighted by Crippen LogP contribution is -2.29. The van der Waals surface area contributed by atoms with Gasteiger partial charge in [0.05, 0.1) is 5.56 Å². The van der Waals surface area contributed by atoms with Crippen molar-refractivity contribution < 1.29 is 18.0 Å². The number of alkyl halides is 3. The highest BCUT2D eigenvalue weighted by atomic mass is 32.1. The first kappa shape index (κ1) is 15.6. The lowest BCUT2D eigenvalue weighted by Gasteiger charge is -2.13. The van der Waals surface area contributed by atoms with Crippen LogP contribution in [0.5, 0.6) is 0 Å². The van der Waals surface area contributed by atoms with Gasteiger partial charge in [-0.1, -0.05) is 0 Å². The van der Waals surface area contributed by atoms with Crippen molar-refractivity contribution in [3.63, 3.8) is 0 Å². The van der Waals surface area contributed by atoms with Gasteiger partial charge in [-0.05, 0) is 17.9 Å². The van der Waals surface area contributed by atoms with Crippen LogP contribution in [0.3, 0.4) is 0 Å². The Hall–Kier alpha value is -1.44. The van der Waals surface area contributed by atoms with Crippen LogP contribution in [0, 0.1) is 0 Å². The molecule has 0 atom stereocenters. The van der Waals surface area contributed by atoms with Crippen LogP contribution in [0.25, 0.3) is 0 Å². The summed E-state index contributed by atoms with van der Waals surface area (Å²) in [5.41, 5.74) is -0.823. The summed E-state index contributed by atoms with van der Waals surface area (Å²) >= 11 is 3.90. The largest absolute Gasteiger partial charge is 0.419 e. The van der Waals surface area contributed by atoms with Crippen molar-refractivity contribution in [2.45, 2.75) is 12.6 Å². The van der Waals surface area contributed by atoms with Gasteiger partial charge in [0.1, 0.15) is 5.82 Å². The van der Waals surface area contributed by atoms with Crippen LogP contribution < -0.4 is 10.6 Å². The zero-order valence-corrected chi connectivity index (χ0v) is 10.9. The van der Waals surface area contributed by atoms with Crippen molar-refractivity contribution in [3.05, 3.63) is 23.9 Å². The molecule has 0 unspecified atom stereocenters. The summed E-state index contributed by atoms with van der Waals surface area (Å²) in [5, 5.41) is 5.11. The average molecular weight is 293 g/mol. The van der Waals surface area contributed by atoms with E-state index >= 15 is 0 Å². The number of amides is 1. The number of anilines is 1. The van der Waals surface area contributed by atoms with Gasteiger partial charge in [-0.2, -0.15) is 25.8 Å². The second-order valence-electron chi connectivity index (χ2n) is 3.65. The van der Waals surface area contributed by atoms with Crippen LogP contribution in [-0.2, 0) is 11.0 Å². The number of carbonyl (C=O) groups excluding carboxylic acids is 1. The van der Waals surface area contributed by atoms with Crippen LogP contribution >= 0.6 is 12.6 Å². The molecule has 1 rings (SSSR count). The van der Waals surface area contributed by atoms with E-state index < -0.39 is 11.7 Å². The lowest BCUT2D eigenvalue weighted by atomic mass is 10.2. The molecular weight excluding hydrogens is 279 g/mol. The lowest BCUT2D eigenvalue weighted by molar-refractivity contribution is -0.137. The maximum Gasteiger partial charge on any atom is 0.419 e. The molecule has 0 aliphatic heterocycles. The molecule has 8 heteroatoms. The minimum absolute atomic E-state index is 0.165. The first-order chi connectivity index (χ1) is 8.95. The van der Waals surface area contributed by atoms with Crippen molar-refractivity contribution >= 4 is 24.4 Å². The predicted octanol–water partition coefficient (Wildman–Crippen LogP) is 1.95. The van der Waals surface area contributed by atoms with Crippen molar-refractivity contribution in [1.82, 2.24) is 10.3 Å². The Labute approximate surface area is 114 Å². The minimum atomic E-state index is -4.45. The van der Waals surface area contributed by atoms with Gasteiger partial charge >= 0.3 is 6.18 Å². The highest BCUT2D eigenvalue weighted by molar-refractivity contribution is 7.80. The van der Waals surface area contributed by atoms with E-state index in [1.54, 1.807) is 0 Å². The van der Waals surface area contributed by atoms with Crippen LogP contribution in [0.2, 0.25) is 0 Å². The van der Waals surface area contributed by atoms with E-state index in [4.69, 9.17) is 0 Å². The number of pyridine rings is 1. The molecule has 0 aromatic carbocycles. The van der Waals surface area contributed by atoms with Crippen molar-refractivity contribution in [1.29, 1.82) is 0 Å². The molecule has 106 valence electrons. The first-order valence-electron chi connectivity index (χ1n) is 5.59. The number of rotatable bonds is 6. The molecule has 1 heterocycles. The molecule has 0 aliphatic carbocycles. The summed E-state index contributed by atoms with van der Waals surface area (Å²) in [6.07, 6.45) is -2.90. The fraction of sp³-hybridized carbons (Fsp3) is 0.455. The molecule has 0 fully saturated rings. The topological polar surface area (TPSA) is 54.0 Å². The van der Waals surface area contributed by atoms with Gasteiger partial charge < -0.3 is 10.6 Å². The highest BCUT2D eigenvalue weighted by Gasteiger charge is 2.33. The van der Waals surface area contributed by atoms with Gasteiger partial charge in [-0.25, -0.2) is 4.98 Å². The second-order valence-corrected chi connectivity index (χ2v) is 4.09. The normalized spacial score (nSPS) is 11.2. The highest BCUT2D eigenvalue weighted by Crippen LogP contribution is 2.33. The fourth-order valence-electron chi connectivity index (χ4n) is 1.35. The Morgan fingerprint density at radius 2 is 2.11 bits per heavy atom. The maximum atomic E-state index is 12.6. The maximum absolute atomic E-state index is 12.6. The average Bonchev–Trinajstić information content (AvgIpc) is 2.34. The Bertz CT molecular complexity index is 426. The third-order valence-corrected chi connectivity index (χ3v) is 2.42. The van der Waals surface area contributed by atoms with E-state index in [1.807, 2.05) is 0 Å². The molecule has 0 saturated carbocycles. The number of hydrogen-bond acceptors (Lipinski definition) is 4. The molecule has 19 heavy (non-hydrogen) atoms. The molecule has 1 aromatic heterocycles. The van der Waals surface area contributed by atoms with E-state index in [0.717, 1.165) is 6.07 Å². The number of nitrogens with zero attached hydrogens (tertiary/aromatic N) is 1. The van der Waals surface area contributed by atoms with E-state index in [1.165, 1.54) is 12.3 Å². The van der Waals surface area contributed by atoms with Crippen molar-refractivity contribution in [2.24, 2.45) is 0 Å². The van der Waals surface area contributed by atoms with E-state index in [-0.39, 0.29) is 31.2 Å². The van der Waals surface area contributed by atoms with E-state index in [0.29, 0.717) is 5.75 Å². The Morgan fingerprint density at radius 1 is 1.37 bits per heavy atom. The third-order valence-electron chi connectivity index (χ3n) is 2.19. The van der Waals surface area contributed by atoms with Crippen LogP contribution in [-0.4, -0.2) is 29.7 Å². The molecule has 1 aromatic rings. The van der Waals surface area contributed by atoms with Gasteiger partial charge in [0, 0.05) is 25.7 Å². The molecule has 2 N–H and O–H groups in total. The number of hydrogen-bond donors (Lipinski definition) is 3. The summed E-state index contributed by atoms with van der Waals surface area (Å²) in [6.45, 7) is 0.388. The number of carbonyl (C=O) groups is 1. The SMILES string of the molecule is O=C(CCS)NCCNc1ncccc1C(F)(F)F. The van der Waals surface area contributed by atoms with Gasteiger partial charge in [0.15, 0.2) is 0 Å². The number of nitrogens with one attached hydrogen (secondary N) is 2. The quantitative estimate of drug-likeness (QED) is 0.555. The second kappa shape index (κ2) is 7.22. The summed E-state index contributed by atoms with van der Waals surface area (Å²) in [7, 11) is 0. The van der Waals surface area contributed by atoms with Crippen LogP contribution in [0.4, 0.5) is 19.0 Å². The number of thiol groups is 1. The summed E-state index contributed by atoms with van der Waals surface area (Å²) < 4.78 is 37.9. The monoisotopic (exact) mass is 293 g/mol. The van der Waals surface area contributed by atoms with E-state index in [9.17, 15) is 18.0 Å². The zero-order valence-electron chi connectivity index (χ0n) is 10.00. The predicted molar refractivity (Wildman–Crippen MR) is 69.2 cm³/mol. The Kier molecular flexibility index (Phi) is 5.94. The van der Waals surface area contributed by atoms with Crippen LogP contribution in [0.1, 0.15) is 12.0 Å². The number of halogens is 3. The minimum Gasteiger partial charge on any atom is -0.368 e. The zero-order chi connectivity index (χ0) is 14.3. The summed E-state index contributed by atoms with van der Waals surface area (Å²) in [6, 6.07) is 2.18. The van der Waals surface area contributed by atoms with Gasteiger partial charge in [-0.3, -0.25) is 4.79 Å². The number of aromatic nitrogens is 1. The smallest absolute Gasteiger partial charge is 0.368 e. The standard InChI is InChI=1S/C11H14F3N3OS/c12-11(13,14)8-2-1-4-16-10(8)17-6-5-15-9(18)3-7-19/h1-2,4,19H,3,5-7H2,(H,15,18)(H,16,17). The molecule has 1 amide bonds. The Morgan fingerprint density at radius 3 is 2.74 bits per heavy atom.